The van der Waals surface area contributed by atoms with Crippen LogP contribution in [0.15, 0.2) is 11.6 Å². The van der Waals surface area contributed by atoms with Crippen LogP contribution < -0.4 is 0 Å². The highest BCUT2D eigenvalue weighted by Crippen LogP contribution is 2.67. The molecule has 0 heterocycles. The predicted octanol–water partition coefficient (Wildman–Crippen LogP) is 9.85. The fraction of sp³-hybridized carbons (Fsp3) is 0.909. The van der Waals surface area contributed by atoms with Crippen LogP contribution in [0, 0.1) is 52.3 Å². The molecule has 0 aromatic rings. The SMILES string of the molecule is CC(C)CCC[C@H](C)[C@H]1CC[C@H]2[C@@H]3CC=C4C[C@@H](SC(=O)C5CCCC5)CC[C@]4(C)[C@H]3CC[C@]12C. The highest BCUT2D eigenvalue weighted by molar-refractivity contribution is 8.14. The van der Waals surface area contributed by atoms with Crippen molar-refractivity contribution < 1.29 is 4.79 Å². The molecule has 0 aliphatic heterocycles. The van der Waals surface area contributed by atoms with Crippen LogP contribution in [0.1, 0.15) is 131 Å². The molecule has 0 saturated heterocycles. The number of hydrogen-bond acceptors (Lipinski definition) is 2. The Balaban J connectivity index is 1.24. The number of carbonyl (C=O) groups excluding carboxylic acids is 1. The predicted molar refractivity (Wildman–Crippen MR) is 151 cm³/mol. The Kier molecular flexibility index (Phi) is 7.91. The van der Waals surface area contributed by atoms with E-state index in [0.29, 0.717) is 27.1 Å². The first-order chi connectivity index (χ1) is 16.7. The van der Waals surface area contributed by atoms with Crippen molar-refractivity contribution in [3.63, 3.8) is 0 Å². The van der Waals surface area contributed by atoms with Gasteiger partial charge in [-0.05, 0) is 111 Å². The van der Waals surface area contributed by atoms with Crippen molar-refractivity contribution in [1.82, 2.24) is 0 Å². The van der Waals surface area contributed by atoms with Crippen LogP contribution in [0.4, 0.5) is 0 Å². The van der Waals surface area contributed by atoms with E-state index in [0.717, 1.165) is 48.3 Å². The molecule has 0 aromatic heterocycles. The third-order valence-corrected chi connectivity index (χ3v) is 13.5. The van der Waals surface area contributed by atoms with Gasteiger partial charge >= 0.3 is 0 Å². The van der Waals surface area contributed by atoms with Crippen LogP contribution in [0.5, 0.6) is 0 Å². The molecule has 0 aromatic carbocycles. The van der Waals surface area contributed by atoms with Crippen molar-refractivity contribution in [3.05, 3.63) is 11.6 Å². The Morgan fingerprint density at radius 3 is 2.49 bits per heavy atom. The van der Waals surface area contributed by atoms with Gasteiger partial charge in [0.2, 0.25) is 0 Å². The zero-order valence-corrected chi connectivity index (χ0v) is 24.4. The summed E-state index contributed by atoms with van der Waals surface area (Å²) in [5.41, 5.74) is 2.75. The summed E-state index contributed by atoms with van der Waals surface area (Å²) in [6.45, 7) is 12.7. The van der Waals surface area contributed by atoms with E-state index in [2.05, 4.69) is 40.7 Å². The van der Waals surface area contributed by atoms with Crippen molar-refractivity contribution in [3.8, 4) is 0 Å². The lowest BCUT2D eigenvalue weighted by atomic mass is 9.47. The van der Waals surface area contributed by atoms with E-state index in [1.54, 1.807) is 17.3 Å². The van der Waals surface area contributed by atoms with Gasteiger partial charge in [-0.15, -0.1) is 0 Å². The van der Waals surface area contributed by atoms with Crippen LogP contribution in [0.3, 0.4) is 0 Å². The highest BCUT2D eigenvalue weighted by Gasteiger charge is 2.59. The van der Waals surface area contributed by atoms with Gasteiger partial charge < -0.3 is 0 Å². The molecule has 0 radical (unpaired) electrons. The van der Waals surface area contributed by atoms with Gasteiger partial charge in [-0.25, -0.2) is 0 Å². The quantitative estimate of drug-likeness (QED) is 0.325. The van der Waals surface area contributed by atoms with Crippen molar-refractivity contribution >= 4 is 16.9 Å². The van der Waals surface area contributed by atoms with E-state index < -0.39 is 0 Å². The second-order valence-electron chi connectivity index (χ2n) is 14.6. The lowest BCUT2D eigenvalue weighted by Gasteiger charge is -2.58. The van der Waals surface area contributed by atoms with Crippen molar-refractivity contribution in [2.75, 3.05) is 0 Å². The number of fused-ring (bicyclic) bond motifs is 5. The first-order valence-electron chi connectivity index (χ1n) is 15.6. The van der Waals surface area contributed by atoms with E-state index >= 15 is 0 Å². The summed E-state index contributed by atoms with van der Waals surface area (Å²) in [5, 5.41) is 1.08. The molecule has 4 fully saturated rings. The molecular weight excluding hydrogens is 444 g/mol. The zero-order valence-electron chi connectivity index (χ0n) is 23.6. The average molecular weight is 499 g/mol. The molecule has 35 heavy (non-hydrogen) atoms. The summed E-state index contributed by atoms with van der Waals surface area (Å²) < 4.78 is 0. The Hall–Kier alpha value is -0.240. The normalized spacial score (nSPS) is 42.3. The van der Waals surface area contributed by atoms with Gasteiger partial charge in [-0.3, -0.25) is 4.79 Å². The number of thioether (sulfide) groups is 1. The van der Waals surface area contributed by atoms with Crippen LogP contribution in [-0.4, -0.2) is 10.4 Å². The summed E-state index contributed by atoms with van der Waals surface area (Å²) in [6.07, 6.45) is 22.8. The first-order valence-corrected chi connectivity index (χ1v) is 16.5. The molecule has 2 heteroatoms. The first kappa shape index (κ1) is 26.4. The number of rotatable bonds is 7. The minimum atomic E-state index is 0.372. The molecule has 5 aliphatic carbocycles. The summed E-state index contributed by atoms with van der Waals surface area (Å²) in [7, 11) is 0. The summed E-state index contributed by atoms with van der Waals surface area (Å²) >= 11 is 1.75. The third kappa shape index (κ3) is 4.97. The molecule has 1 nitrogen and oxygen atoms in total. The van der Waals surface area contributed by atoms with E-state index in [1.807, 2.05) is 0 Å². The molecule has 0 amide bonds. The Morgan fingerprint density at radius 2 is 1.74 bits per heavy atom. The van der Waals surface area contributed by atoms with E-state index in [-0.39, 0.29) is 0 Å². The highest BCUT2D eigenvalue weighted by atomic mass is 32.2. The third-order valence-electron chi connectivity index (χ3n) is 12.2. The van der Waals surface area contributed by atoms with Gasteiger partial charge in [0.1, 0.15) is 0 Å². The fourth-order valence-corrected chi connectivity index (χ4v) is 11.4. The molecule has 0 bridgehead atoms. The van der Waals surface area contributed by atoms with Gasteiger partial charge in [0.25, 0.3) is 0 Å². The van der Waals surface area contributed by atoms with Crippen LogP contribution in [0.25, 0.3) is 0 Å². The molecule has 0 spiro atoms. The standard InChI is InChI=1S/C33H54OS/c1-22(2)9-8-10-23(3)28-15-16-29-27-14-13-25-21-26(35-31(34)24-11-6-7-12-24)17-19-32(25,4)30(27)18-20-33(28,29)5/h13,22-24,26-30H,6-12,14-21H2,1-5H3/t23-,26-,27-,28+,29-,30-,32-,33+/m0/s1. The summed E-state index contributed by atoms with van der Waals surface area (Å²) in [4.78, 5) is 12.9. The minimum absolute atomic E-state index is 0.372. The maximum absolute atomic E-state index is 12.9. The lowest BCUT2D eigenvalue weighted by molar-refractivity contribution is -0.114. The summed E-state index contributed by atoms with van der Waals surface area (Å²) in [5.74, 6) is 5.83. The molecule has 8 atom stereocenters. The average Bonchev–Trinajstić information content (AvgIpc) is 3.47. The van der Waals surface area contributed by atoms with Crippen molar-refractivity contribution in [2.45, 2.75) is 136 Å². The van der Waals surface area contributed by atoms with Crippen LogP contribution in [-0.2, 0) is 4.79 Å². The summed E-state index contributed by atoms with van der Waals surface area (Å²) in [6, 6.07) is 0. The Bertz CT molecular complexity index is 793. The lowest BCUT2D eigenvalue weighted by Crippen LogP contribution is -2.50. The Labute approximate surface area is 221 Å². The monoisotopic (exact) mass is 498 g/mol. The molecule has 198 valence electrons. The Morgan fingerprint density at radius 1 is 0.971 bits per heavy atom. The van der Waals surface area contributed by atoms with Crippen LogP contribution in [0.2, 0.25) is 0 Å². The molecular formula is C33H54OS. The van der Waals surface area contributed by atoms with Crippen molar-refractivity contribution in [1.29, 1.82) is 0 Å². The number of allylic oxidation sites excluding steroid dienone is 2. The second kappa shape index (κ2) is 10.5. The second-order valence-corrected chi connectivity index (χ2v) is 15.9. The number of carbonyl (C=O) groups is 1. The smallest absolute Gasteiger partial charge is 0.192 e. The van der Waals surface area contributed by atoms with Crippen molar-refractivity contribution in [2.24, 2.45) is 52.3 Å². The minimum Gasteiger partial charge on any atom is -0.287 e. The largest absolute Gasteiger partial charge is 0.287 e. The zero-order chi connectivity index (χ0) is 24.8. The van der Waals surface area contributed by atoms with E-state index in [1.165, 1.54) is 83.5 Å². The molecule has 0 unspecified atom stereocenters. The molecule has 0 N–H and O–H groups in total. The van der Waals surface area contributed by atoms with E-state index in [9.17, 15) is 4.79 Å². The van der Waals surface area contributed by atoms with Gasteiger partial charge in [0, 0.05) is 11.2 Å². The van der Waals surface area contributed by atoms with E-state index in [4.69, 9.17) is 0 Å². The topological polar surface area (TPSA) is 17.1 Å². The fourth-order valence-electron chi connectivity index (χ4n) is 10.2. The molecule has 5 rings (SSSR count). The van der Waals surface area contributed by atoms with Crippen LogP contribution >= 0.6 is 11.8 Å². The maximum Gasteiger partial charge on any atom is 0.192 e. The maximum atomic E-state index is 12.9. The van der Waals surface area contributed by atoms with Gasteiger partial charge in [-0.1, -0.05) is 90.1 Å². The van der Waals surface area contributed by atoms with Gasteiger partial charge in [-0.2, -0.15) is 0 Å². The molecule has 4 saturated carbocycles. The van der Waals surface area contributed by atoms with Gasteiger partial charge in [0.05, 0.1) is 0 Å². The number of hydrogen-bond donors (Lipinski definition) is 0. The molecule has 5 aliphatic rings. The van der Waals surface area contributed by atoms with Gasteiger partial charge in [0.15, 0.2) is 5.12 Å².